The van der Waals surface area contributed by atoms with E-state index in [1.54, 1.807) is 37.4 Å². The fourth-order valence-corrected chi connectivity index (χ4v) is 3.73. The van der Waals surface area contributed by atoms with Crippen LogP contribution in [0.1, 0.15) is 12.5 Å². The Morgan fingerprint density at radius 1 is 1.04 bits per heavy atom. The quantitative estimate of drug-likeness (QED) is 0.508. The normalized spacial score (nSPS) is 11.9. The first-order valence-corrected chi connectivity index (χ1v) is 10.6. The van der Waals surface area contributed by atoms with E-state index in [-0.39, 0.29) is 12.3 Å². The highest BCUT2D eigenvalue weighted by atomic mass is 32.2. The molecule has 0 amide bonds. The van der Waals surface area contributed by atoms with Gasteiger partial charge in [-0.05, 0) is 37.1 Å². The van der Waals surface area contributed by atoms with Crippen LogP contribution in [0.4, 0.5) is 0 Å². The van der Waals surface area contributed by atoms with Gasteiger partial charge in [-0.25, -0.2) is 8.42 Å². The van der Waals surface area contributed by atoms with E-state index in [1.165, 1.54) is 0 Å². The van der Waals surface area contributed by atoms with Gasteiger partial charge in [-0.1, -0.05) is 36.4 Å². The third-order valence-electron chi connectivity index (χ3n) is 3.96. The van der Waals surface area contributed by atoms with E-state index in [0.717, 1.165) is 17.7 Å². The number of nitrogens with one attached hydrogen (secondary N) is 2. The van der Waals surface area contributed by atoms with Gasteiger partial charge < -0.3 is 15.4 Å². The Labute approximate surface area is 161 Å². The molecule has 0 aliphatic heterocycles. The second kappa shape index (κ2) is 10.6. The van der Waals surface area contributed by atoms with Gasteiger partial charge in [0.15, 0.2) is 15.8 Å². The third-order valence-corrected chi connectivity index (χ3v) is 5.67. The van der Waals surface area contributed by atoms with Crippen LogP contribution in [-0.4, -0.2) is 46.9 Å². The molecule has 2 rings (SSSR count). The average Bonchev–Trinajstić information content (AvgIpc) is 2.69. The zero-order valence-corrected chi connectivity index (χ0v) is 16.6. The van der Waals surface area contributed by atoms with Gasteiger partial charge in [0.2, 0.25) is 0 Å². The van der Waals surface area contributed by atoms with E-state index in [9.17, 15) is 8.42 Å². The minimum Gasteiger partial charge on any atom is -0.496 e. The molecule has 2 N–H and O–H groups in total. The first-order valence-electron chi connectivity index (χ1n) is 8.98. The maximum Gasteiger partial charge on any atom is 0.191 e. The number of rotatable bonds is 9. The first kappa shape index (κ1) is 20.8. The van der Waals surface area contributed by atoms with Crippen LogP contribution in [0.5, 0.6) is 5.75 Å². The monoisotopic (exact) mass is 389 g/mol. The zero-order chi connectivity index (χ0) is 19.5. The van der Waals surface area contributed by atoms with Gasteiger partial charge in [-0.2, -0.15) is 0 Å². The summed E-state index contributed by atoms with van der Waals surface area (Å²) >= 11 is 0. The van der Waals surface area contributed by atoms with Crippen molar-refractivity contribution >= 4 is 15.8 Å². The van der Waals surface area contributed by atoms with Crippen LogP contribution in [0.3, 0.4) is 0 Å². The highest BCUT2D eigenvalue weighted by Crippen LogP contribution is 2.17. The maximum atomic E-state index is 12.3. The molecule has 7 heteroatoms. The van der Waals surface area contributed by atoms with E-state index < -0.39 is 9.84 Å². The van der Waals surface area contributed by atoms with Gasteiger partial charge in [-0.15, -0.1) is 0 Å². The molecule has 6 nitrogen and oxygen atoms in total. The molecular weight excluding hydrogens is 362 g/mol. The lowest BCUT2D eigenvalue weighted by atomic mass is 10.1. The Bertz CT molecular complexity index is 837. The SMILES string of the molecule is CCNC(=NCCS(=O)(=O)c1ccccc1)NCCc1ccccc1OC. The van der Waals surface area contributed by atoms with Crippen molar-refractivity contribution in [1.29, 1.82) is 0 Å². The van der Waals surface area contributed by atoms with Gasteiger partial charge in [0.25, 0.3) is 0 Å². The van der Waals surface area contributed by atoms with E-state index in [0.29, 0.717) is 23.9 Å². The minimum atomic E-state index is -3.32. The molecule has 0 aromatic heterocycles. The van der Waals surface area contributed by atoms with Crippen molar-refractivity contribution in [3.63, 3.8) is 0 Å². The Morgan fingerprint density at radius 3 is 2.44 bits per heavy atom. The van der Waals surface area contributed by atoms with Crippen molar-refractivity contribution in [2.45, 2.75) is 18.2 Å². The number of ether oxygens (including phenoxy) is 1. The van der Waals surface area contributed by atoms with Gasteiger partial charge >= 0.3 is 0 Å². The minimum absolute atomic E-state index is 0.0277. The van der Waals surface area contributed by atoms with Crippen LogP contribution in [0.2, 0.25) is 0 Å². The van der Waals surface area contributed by atoms with Crippen molar-refractivity contribution in [3.05, 3.63) is 60.2 Å². The predicted octanol–water partition coefficient (Wildman–Crippen LogP) is 2.27. The molecule has 0 radical (unpaired) electrons. The van der Waals surface area contributed by atoms with Crippen LogP contribution in [-0.2, 0) is 16.3 Å². The molecule has 2 aromatic rings. The van der Waals surface area contributed by atoms with Crippen molar-refractivity contribution in [1.82, 2.24) is 10.6 Å². The number of para-hydroxylation sites is 1. The summed E-state index contributed by atoms with van der Waals surface area (Å²) in [7, 11) is -1.66. The van der Waals surface area contributed by atoms with Crippen LogP contribution in [0.25, 0.3) is 0 Å². The fourth-order valence-electron chi connectivity index (χ4n) is 2.59. The molecule has 0 spiro atoms. The Balaban J connectivity index is 1.90. The number of benzene rings is 2. The average molecular weight is 390 g/mol. The number of aliphatic imine (C=N–C) groups is 1. The second-order valence-electron chi connectivity index (χ2n) is 5.88. The predicted molar refractivity (Wildman–Crippen MR) is 109 cm³/mol. The topological polar surface area (TPSA) is 79.8 Å². The molecule has 0 unspecified atom stereocenters. The van der Waals surface area contributed by atoms with E-state index in [1.807, 2.05) is 31.2 Å². The van der Waals surface area contributed by atoms with Crippen molar-refractivity contribution in [2.24, 2.45) is 4.99 Å². The first-order chi connectivity index (χ1) is 13.1. The molecule has 2 aromatic carbocycles. The Hall–Kier alpha value is -2.54. The molecule has 146 valence electrons. The number of hydrogen-bond donors (Lipinski definition) is 2. The van der Waals surface area contributed by atoms with Gasteiger partial charge in [0.05, 0.1) is 24.3 Å². The lowest BCUT2D eigenvalue weighted by Gasteiger charge is -2.12. The van der Waals surface area contributed by atoms with Gasteiger partial charge in [0.1, 0.15) is 5.75 Å². The fraction of sp³-hybridized carbons (Fsp3) is 0.350. The summed E-state index contributed by atoms with van der Waals surface area (Å²) in [5, 5.41) is 6.37. The highest BCUT2D eigenvalue weighted by molar-refractivity contribution is 7.91. The van der Waals surface area contributed by atoms with E-state index >= 15 is 0 Å². The molecule has 0 aliphatic carbocycles. The maximum absolute atomic E-state index is 12.3. The van der Waals surface area contributed by atoms with Crippen LogP contribution in [0.15, 0.2) is 64.5 Å². The van der Waals surface area contributed by atoms with Crippen LogP contribution in [0, 0.1) is 0 Å². The molecule has 0 saturated heterocycles. The largest absolute Gasteiger partial charge is 0.496 e. The molecule has 0 fully saturated rings. The van der Waals surface area contributed by atoms with Gasteiger partial charge in [-0.3, -0.25) is 4.99 Å². The summed E-state index contributed by atoms with van der Waals surface area (Å²) in [6.07, 6.45) is 0.775. The molecule has 0 atom stereocenters. The molecule has 0 heterocycles. The van der Waals surface area contributed by atoms with Crippen molar-refractivity contribution < 1.29 is 13.2 Å². The molecule has 27 heavy (non-hydrogen) atoms. The summed E-state index contributed by atoms with van der Waals surface area (Å²) in [4.78, 5) is 4.71. The number of guanidine groups is 1. The molecular formula is C20H27N3O3S. The summed E-state index contributed by atoms with van der Waals surface area (Å²) in [5.74, 6) is 1.44. The standard InChI is InChI=1S/C20H27N3O3S/c1-3-21-20(22-14-13-17-9-7-8-12-19(17)26-2)23-15-16-27(24,25)18-10-5-4-6-11-18/h4-12H,3,13-16H2,1-2H3,(H2,21,22,23). The van der Waals surface area contributed by atoms with Crippen LogP contribution >= 0.6 is 0 Å². The smallest absolute Gasteiger partial charge is 0.191 e. The highest BCUT2D eigenvalue weighted by Gasteiger charge is 2.13. The molecule has 0 aliphatic rings. The summed E-state index contributed by atoms with van der Waals surface area (Å²) in [6.45, 7) is 3.53. The number of methoxy groups -OCH3 is 1. The second-order valence-corrected chi connectivity index (χ2v) is 7.99. The molecule has 0 saturated carbocycles. The number of hydrogen-bond acceptors (Lipinski definition) is 4. The third kappa shape index (κ3) is 6.60. The number of sulfone groups is 1. The van der Waals surface area contributed by atoms with Crippen molar-refractivity contribution in [3.8, 4) is 5.75 Å². The summed E-state index contributed by atoms with van der Waals surface area (Å²) in [6, 6.07) is 16.3. The number of nitrogens with zero attached hydrogens (tertiary/aromatic N) is 1. The van der Waals surface area contributed by atoms with Crippen molar-refractivity contribution in [2.75, 3.05) is 32.5 Å². The summed E-state index contributed by atoms with van der Waals surface area (Å²) < 4.78 is 30.0. The van der Waals surface area contributed by atoms with Gasteiger partial charge in [0, 0.05) is 13.1 Å². The zero-order valence-electron chi connectivity index (χ0n) is 15.8. The Kier molecular flexibility index (Phi) is 8.13. The lowest BCUT2D eigenvalue weighted by molar-refractivity contribution is 0.409. The van der Waals surface area contributed by atoms with E-state index in [4.69, 9.17) is 4.74 Å². The lowest BCUT2D eigenvalue weighted by Crippen LogP contribution is -2.38. The Morgan fingerprint density at radius 2 is 1.74 bits per heavy atom. The molecule has 0 bridgehead atoms. The summed E-state index contributed by atoms with van der Waals surface area (Å²) in [5.41, 5.74) is 1.11. The van der Waals surface area contributed by atoms with E-state index in [2.05, 4.69) is 15.6 Å². The van der Waals surface area contributed by atoms with Crippen LogP contribution < -0.4 is 15.4 Å².